The highest BCUT2D eigenvalue weighted by Gasteiger charge is 2.11. The molecular formula is C16H10BrFN2O. The molecule has 0 bridgehead atoms. The Morgan fingerprint density at radius 3 is 2.76 bits per heavy atom. The number of anilines is 1. The Balaban J connectivity index is 1.89. The highest BCUT2D eigenvalue weighted by molar-refractivity contribution is 9.10. The molecule has 1 heterocycles. The lowest BCUT2D eigenvalue weighted by Gasteiger charge is -2.07. The Kier molecular flexibility index (Phi) is 3.66. The Hall–Kier alpha value is -2.27. The van der Waals surface area contributed by atoms with Crippen molar-refractivity contribution < 1.29 is 9.18 Å². The summed E-state index contributed by atoms with van der Waals surface area (Å²) in [5.41, 5.74) is 1.82. The van der Waals surface area contributed by atoms with E-state index in [1.807, 2.05) is 30.3 Å². The molecule has 21 heavy (non-hydrogen) atoms. The summed E-state index contributed by atoms with van der Waals surface area (Å²) in [4.78, 5) is 16.5. The number of carbonyl (C=O) groups is 1. The lowest BCUT2D eigenvalue weighted by molar-refractivity contribution is 0.102. The molecule has 0 saturated heterocycles. The highest BCUT2D eigenvalue weighted by atomic mass is 79.9. The molecular weight excluding hydrogens is 335 g/mol. The Labute approximate surface area is 128 Å². The van der Waals surface area contributed by atoms with Gasteiger partial charge in [-0.05, 0) is 46.3 Å². The SMILES string of the molecule is O=C(Nc1cnc2ccccc2c1)c1ccc(F)cc1Br. The van der Waals surface area contributed by atoms with Gasteiger partial charge >= 0.3 is 0 Å². The zero-order valence-corrected chi connectivity index (χ0v) is 12.4. The van der Waals surface area contributed by atoms with Gasteiger partial charge in [0.25, 0.3) is 5.91 Å². The average Bonchev–Trinajstić information content (AvgIpc) is 2.47. The number of hydrogen-bond acceptors (Lipinski definition) is 2. The maximum atomic E-state index is 13.0. The summed E-state index contributed by atoms with van der Waals surface area (Å²) in [6.07, 6.45) is 1.59. The standard InChI is InChI=1S/C16H10BrFN2O/c17-14-8-11(18)5-6-13(14)16(21)20-12-7-10-3-1-2-4-15(10)19-9-12/h1-9H,(H,20,21). The quantitative estimate of drug-likeness (QED) is 0.749. The van der Waals surface area contributed by atoms with Crippen LogP contribution in [0, 0.1) is 5.82 Å². The first-order chi connectivity index (χ1) is 10.1. The summed E-state index contributed by atoms with van der Waals surface area (Å²) in [5, 5.41) is 3.70. The van der Waals surface area contributed by atoms with Crippen molar-refractivity contribution in [3.05, 3.63) is 70.6 Å². The van der Waals surface area contributed by atoms with Crippen LogP contribution in [0.3, 0.4) is 0 Å². The van der Waals surface area contributed by atoms with Gasteiger partial charge in [-0.25, -0.2) is 4.39 Å². The largest absolute Gasteiger partial charge is 0.321 e. The van der Waals surface area contributed by atoms with E-state index in [0.717, 1.165) is 10.9 Å². The first-order valence-corrected chi connectivity index (χ1v) is 7.04. The van der Waals surface area contributed by atoms with Gasteiger partial charge in [0.05, 0.1) is 23.0 Å². The van der Waals surface area contributed by atoms with Gasteiger partial charge in [0.15, 0.2) is 0 Å². The van der Waals surface area contributed by atoms with Gasteiger partial charge < -0.3 is 5.32 Å². The number of aromatic nitrogens is 1. The van der Waals surface area contributed by atoms with E-state index in [-0.39, 0.29) is 5.91 Å². The number of para-hydroxylation sites is 1. The fraction of sp³-hybridized carbons (Fsp3) is 0. The molecule has 104 valence electrons. The number of benzene rings is 2. The second kappa shape index (κ2) is 5.61. The van der Waals surface area contributed by atoms with Crippen LogP contribution in [0.25, 0.3) is 10.9 Å². The molecule has 0 spiro atoms. The monoisotopic (exact) mass is 344 g/mol. The molecule has 1 aromatic heterocycles. The van der Waals surface area contributed by atoms with Crippen LogP contribution in [0.15, 0.2) is 59.2 Å². The Morgan fingerprint density at radius 2 is 1.95 bits per heavy atom. The molecule has 0 aliphatic heterocycles. The summed E-state index contributed by atoms with van der Waals surface area (Å²) in [5.74, 6) is -0.718. The molecule has 3 aromatic rings. The number of pyridine rings is 1. The lowest BCUT2D eigenvalue weighted by atomic mass is 10.2. The molecule has 5 heteroatoms. The minimum absolute atomic E-state index is 0.320. The van der Waals surface area contributed by atoms with Crippen LogP contribution in [-0.2, 0) is 0 Å². The fourth-order valence-corrected chi connectivity index (χ4v) is 2.54. The molecule has 0 atom stereocenters. The van der Waals surface area contributed by atoms with Crippen LogP contribution in [-0.4, -0.2) is 10.9 Å². The van der Waals surface area contributed by atoms with Gasteiger partial charge in [-0.2, -0.15) is 0 Å². The van der Waals surface area contributed by atoms with Crippen molar-refractivity contribution in [2.75, 3.05) is 5.32 Å². The number of halogens is 2. The molecule has 0 saturated carbocycles. The molecule has 3 rings (SSSR count). The number of fused-ring (bicyclic) bond motifs is 1. The van der Waals surface area contributed by atoms with Crippen LogP contribution in [0.5, 0.6) is 0 Å². The molecule has 1 amide bonds. The van der Waals surface area contributed by atoms with Crippen LogP contribution in [0.1, 0.15) is 10.4 Å². The molecule has 2 aromatic carbocycles. The number of rotatable bonds is 2. The minimum atomic E-state index is -0.397. The molecule has 0 aliphatic rings. The van der Waals surface area contributed by atoms with E-state index >= 15 is 0 Å². The summed E-state index contributed by atoms with van der Waals surface area (Å²) in [6.45, 7) is 0. The number of amides is 1. The summed E-state index contributed by atoms with van der Waals surface area (Å²) in [7, 11) is 0. The van der Waals surface area contributed by atoms with E-state index in [1.54, 1.807) is 6.20 Å². The molecule has 0 fully saturated rings. The zero-order valence-electron chi connectivity index (χ0n) is 10.8. The topological polar surface area (TPSA) is 42.0 Å². The molecule has 3 nitrogen and oxygen atoms in total. The number of carbonyl (C=O) groups excluding carboxylic acids is 1. The second-order valence-corrected chi connectivity index (χ2v) is 5.35. The zero-order chi connectivity index (χ0) is 14.8. The smallest absolute Gasteiger partial charge is 0.256 e. The van der Waals surface area contributed by atoms with Gasteiger partial charge in [0, 0.05) is 9.86 Å². The van der Waals surface area contributed by atoms with Crippen molar-refractivity contribution in [3.8, 4) is 0 Å². The normalized spacial score (nSPS) is 10.6. The van der Waals surface area contributed by atoms with Crippen molar-refractivity contribution in [2.45, 2.75) is 0 Å². The van der Waals surface area contributed by atoms with E-state index < -0.39 is 5.82 Å². The van der Waals surface area contributed by atoms with E-state index in [4.69, 9.17) is 0 Å². The van der Waals surface area contributed by atoms with E-state index in [9.17, 15) is 9.18 Å². The second-order valence-electron chi connectivity index (χ2n) is 4.49. The molecule has 1 N–H and O–H groups in total. The minimum Gasteiger partial charge on any atom is -0.321 e. The van der Waals surface area contributed by atoms with Crippen LogP contribution in [0.4, 0.5) is 10.1 Å². The Bertz CT molecular complexity index is 835. The maximum Gasteiger partial charge on any atom is 0.256 e. The van der Waals surface area contributed by atoms with Gasteiger partial charge in [0.1, 0.15) is 5.82 Å². The van der Waals surface area contributed by atoms with Crippen molar-refractivity contribution in [1.29, 1.82) is 0 Å². The highest BCUT2D eigenvalue weighted by Crippen LogP contribution is 2.21. The number of nitrogens with one attached hydrogen (secondary N) is 1. The third-order valence-corrected chi connectivity index (χ3v) is 3.68. The average molecular weight is 345 g/mol. The van der Waals surface area contributed by atoms with Gasteiger partial charge in [-0.3, -0.25) is 9.78 Å². The van der Waals surface area contributed by atoms with E-state index in [0.29, 0.717) is 15.7 Å². The predicted molar refractivity (Wildman–Crippen MR) is 83.8 cm³/mol. The van der Waals surface area contributed by atoms with E-state index in [2.05, 4.69) is 26.2 Å². The van der Waals surface area contributed by atoms with Gasteiger partial charge in [-0.15, -0.1) is 0 Å². The summed E-state index contributed by atoms with van der Waals surface area (Å²) < 4.78 is 13.5. The van der Waals surface area contributed by atoms with Crippen molar-refractivity contribution >= 4 is 38.4 Å². The first-order valence-electron chi connectivity index (χ1n) is 6.25. The van der Waals surface area contributed by atoms with Crippen LogP contribution in [0.2, 0.25) is 0 Å². The lowest BCUT2D eigenvalue weighted by Crippen LogP contribution is -2.12. The van der Waals surface area contributed by atoms with Crippen molar-refractivity contribution in [2.24, 2.45) is 0 Å². The third-order valence-electron chi connectivity index (χ3n) is 3.02. The Morgan fingerprint density at radius 1 is 1.14 bits per heavy atom. The van der Waals surface area contributed by atoms with E-state index in [1.165, 1.54) is 18.2 Å². The molecule has 0 aliphatic carbocycles. The van der Waals surface area contributed by atoms with Gasteiger partial charge in [-0.1, -0.05) is 18.2 Å². The predicted octanol–water partition coefficient (Wildman–Crippen LogP) is 4.39. The number of hydrogen-bond donors (Lipinski definition) is 1. The fourth-order valence-electron chi connectivity index (χ4n) is 2.01. The molecule has 0 radical (unpaired) electrons. The van der Waals surface area contributed by atoms with Crippen LogP contribution < -0.4 is 5.32 Å². The maximum absolute atomic E-state index is 13.0. The summed E-state index contributed by atoms with van der Waals surface area (Å²) >= 11 is 3.18. The van der Waals surface area contributed by atoms with Gasteiger partial charge in [0.2, 0.25) is 0 Å². The first kappa shape index (κ1) is 13.7. The number of nitrogens with zero attached hydrogens (tertiary/aromatic N) is 1. The van der Waals surface area contributed by atoms with Crippen molar-refractivity contribution in [3.63, 3.8) is 0 Å². The van der Waals surface area contributed by atoms with Crippen LogP contribution >= 0.6 is 15.9 Å². The summed E-state index contributed by atoms with van der Waals surface area (Å²) in [6, 6.07) is 13.4. The molecule has 0 unspecified atom stereocenters. The van der Waals surface area contributed by atoms with Crippen molar-refractivity contribution in [1.82, 2.24) is 4.98 Å². The third kappa shape index (κ3) is 2.92.